The molecule has 16 heavy (non-hydrogen) atoms. The van der Waals surface area contributed by atoms with Crippen molar-refractivity contribution in [1.82, 2.24) is 5.32 Å². The number of nitrogens with one attached hydrogen (secondary N) is 1. The number of aliphatic hydroxyl groups is 2. The molecule has 0 saturated heterocycles. The van der Waals surface area contributed by atoms with Crippen LogP contribution in [0.25, 0.3) is 6.08 Å². The second-order valence-corrected chi connectivity index (χ2v) is 3.33. The van der Waals surface area contributed by atoms with Crippen molar-refractivity contribution >= 4 is 12.0 Å². The quantitative estimate of drug-likeness (QED) is 0.621. The SMILES string of the molecule is O=C(C=Cc1ccccc1)NCC(O)CO. The second-order valence-electron chi connectivity index (χ2n) is 3.33. The van der Waals surface area contributed by atoms with E-state index in [2.05, 4.69) is 5.32 Å². The van der Waals surface area contributed by atoms with Crippen LogP contribution in [0.5, 0.6) is 0 Å². The third-order valence-corrected chi connectivity index (χ3v) is 1.95. The van der Waals surface area contributed by atoms with E-state index >= 15 is 0 Å². The van der Waals surface area contributed by atoms with Gasteiger partial charge in [0.1, 0.15) is 0 Å². The van der Waals surface area contributed by atoms with Crippen molar-refractivity contribution in [2.24, 2.45) is 0 Å². The molecule has 0 bridgehead atoms. The lowest BCUT2D eigenvalue weighted by atomic mass is 10.2. The molecule has 1 atom stereocenters. The fourth-order valence-electron chi connectivity index (χ4n) is 1.08. The van der Waals surface area contributed by atoms with Gasteiger partial charge in [-0.25, -0.2) is 0 Å². The van der Waals surface area contributed by atoms with Crippen molar-refractivity contribution in [1.29, 1.82) is 0 Å². The Bertz CT molecular complexity index is 349. The summed E-state index contributed by atoms with van der Waals surface area (Å²) in [6.07, 6.45) is 2.16. The van der Waals surface area contributed by atoms with E-state index in [1.54, 1.807) is 6.08 Å². The van der Waals surface area contributed by atoms with Crippen molar-refractivity contribution in [2.75, 3.05) is 13.2 Å². The molecule has 0 aromatic heterocycles. The molecule has 3 N–H and O–H groups in total. The highest BCUT2D eigenvalue weighted by molar-refractivity contribution is 5.91. The molecule has 0 radical (unpaired) electrons. The normalized spacial score (nSPS) is 12.6. The molecule has 1 rings (SSSR count). The number of carbonyl (C=O) groups is 1. The molecule has 0 heterocycles. The fourth-order valence-corrected chi connectivity index (χ4v) is 1.08. The number of carbonyl (C=O) groups excluding carboxylic acids is 1. The maximum absolute atomic E-state index is 11.2. The van der Waals surface area contributed by atoms with Crippen LogP contribution in [0.1, 0.15) is 5.56 Å². The average molecular weight is 221 g/mol. The van der Waals surface area contributed by atoms with Crippen LogP contribution >= 0.6 is 0 Å². The number of aliphatic hydroxyl groups excluding tert-OH is 2. The summed E-state index contributed by atoms with van der Waals surface area (Å²) in [6.45, 7) is -0.308. The summed E-state index contributed by atoms with van der Waals surface area (Å²) < 4.78 is 0. The first-order valence-corrected chi connectivity index (χ1v) is 5.02. The standard InChI is InChI=1S/C12H15NO3/c14-9-11(15)8-13-12(16)7-6-10-4-2-1-3-5-10/h1-7,11,14-15H,8-9H2,(H,13,16). The third kappa shape index (κ3) is 4.72. The molecule has 0 saturated carbocycles. The Morgan fingerprint density at radius 2 is 2.06 bits per heavy atom. The van der Waals surface area contributed by atoms with Crippen molar-refractivity contribution in [3.8, 4) is 0 Å². The maximum atomic E-state index is 11.2. The van der Waals surface area contributed by atoms with Gasteiger partial charge in [0, 0.05) is 12.6 Å². The lowest BCUT2D eigenvalue weighted by Gasteiger charge is -2.06. The van der Waals surface area contributed by atoms with Gasteiger partial charge < -0.3 is 15.5 Å². The van der Waals surface area contributed by atoms with Crippen molar-refractivity contribution in [3.63, 3.8) is 0 Å². The van der Waals surface area contributed by atoms with E-state index in [0.717, 1.165) is 5.56 Å². The maximum Gasteiger partial charge on any atom is 0.244 e. The topological polar surface area (TPSA) is 69.6 Å². The summed E-state index contributed by atoms with van der Waals surface area (Å²) in [7, 11) is 0. The summed E-state index contributed by atoms with van der Waals surface area (Å²) in [4.78, 5) is 11.2. The van der Waals surface area contributed by atoms with Crippen LogP contribution in [0.3, 0.4) is 0 Å². The molecule has 0 fully saturated rings. The minimum absolute atomic E-state index is 0.0501. The van der Waals surface area contributed by atoms with E-state index in [9.17, 15) is 4.79 Å². The molecule has 4 nitrogen and oxygen atoms in total. The van der Waals surface area contributed by atoms with Gasteiger partial charge in [0.2, 0.25) is 5.91 Å². The monoisotopic (exact) mass is 221 g/mol. The van der Waals surface area contributed by atoms with E-state index < -0.39 is 6.10 Å². The minimum Gasteiger partial charge on any atom is -0.394 e. The van der Waals surface area contributed by atoms with E-state index in [4.69, 9.17) is 10.2 Å². The lowest BCUT2D eigenvalue weighted by Crippen LogP contribution is -2.32. The van der Waals surface area contributed by atoms with Gasteiger partial charge in [0.25, 0.3) is 0 Å². The molecule has 0 spiro atoms. The molecule has 0 aliphatic heterocycles. The minimum atomic E-state index is -0.908. The first-order chi connectivity index (χ1) is 7.72. The molecule has 86 valence electrons. The summed E-state index contributed by atoms with van der Waals surface area (Å²) in [6, 6.07) is 9.42. The number of hydrogen-bond donors (Lipinski definition) is 3. The Balaban J connectivity index is 2.37. The van der Waals surface area contributed by atoms with Crippen LogP contribution in [0.15, 0.2) is 36.4 Å². The molecule has 0 aliphatic rings. The van der Waals surface area contributed by atoms with Gasteiger partial charge in [0.05, 0.1) is 12.7 Å². The van der Waals surface area contributed by atoms with E-state index in [-0.39, 0.29) is 19.1 Å². The molecule has 1 aromatic rings. The smallest absolute Gasteiger partial charge is 0.244 e. The molecule has 0 aliphatic carbocycles. The molecular formula is C12H15NO3. The van der Waals surface area contributed by atoms with Crippen LogP contribution in [-0.4, -0.2) is 35.4 Å². The summed E-state index contributed by atoms with van der Waals surface area (Å²) in [5, 5.41) is 20.0. The van der Waals surface area contributed by atoms with Crippen LogP contribution in [-0.2, 0) is 4.79 Å². The van der Waals surface area contributed by atoms with Crippen molar-refractivity contribution < 1.29 is 15.0 Å². The van der Waals surface area contributed by atoms with Crippen LogP contribution < -0.4 is 5.32 Å². The first-order valence-electron chi connectivity index (χ1n) is 5.02. The molecule has 1 unspecified atom stereocenters. The largest absolute Gasteiger partial charge is 0.394 e. The zero-order valence-electron chi connectivity index (χ0n) is 8.84. The van der Waals surface area contributed by atoms with Gasteiger partial charge >= 0.3 is 0 Å². The molecule has 1 amide bonds. The number of rotatable bonds is 5. The Morgan fingerprint density at radius 3 is 2.69 bits per heavy atom. The predicted octanol–water partition coefficient (Wildman–Crippen LogP) is 0.169. The van der Waals surface area contributed by atoms with Crippen LogP contribution in [0.2, 0.25) is 0 Å². The van der Waals surface area contributed by atoms with Gasteiger partial charge in [0.15, 0.2) is 0 Å². The number of benzene rings is 1. The predicted molar refractivity (Wildman–Crippen MR) is 61.6 cm³/mol. The van der Waals surface area contributed by atoms with Crippen LogP contribution in [0.4, 0.5) is 0 Å². The molecular weight excluding hydrogens is 206 g/mol. The van der Waals surface area contributed by atoms with E-state index in [1.807, 2.05) is 30.3 Å². The highest BCUT2D eigenvalue weighted by Gasteiger charge is 2.02. The van der Waals surface area contributed by atoms with Crippen molar-refractivity contribution in [3.05, 3.63) is 42.0 Å². The third-order valence-electron chi connectivity index (χ3n) is 1.95. The fraction of sp³-hybridized carbons (Fsp3) is 0.250. The Kier molecular flexibility index (Phi) is 5.25. The lowest BCUT2D eigenvalue weighted by molar-refractivity contribution is -0.117. The van der Waals surface area contributed by atoms with Gasteiger partial charge in [-0.2, -0.15) is 0 Å². The first kappa shape index (κ1) is 12.4. The Hall–Kier alpha value is -1.65. The van der Waals surface area contributed by atoms with Crippen molar-refractivity contribution in [2.45, 2.75) is 6.10 Å². The van der Waals surface area contributed by atoms with Gasteiger partial charge in [-0.15, -0.1) is 0 Å². The number of amides is 1. The zero-order valence-corrected chi connectivity index (χ0v) is 8.84. The summed E-state index contributed by atoms with van der Waals surface area (Å²) in [5.41, 5.74) is 0.931. The molecule has 1 aromatic carbocycles. The van der Waals surface area contributed by atoms with Crippen LogP contribution in [0, 0.1) is 0 Å². The zero-order chi connectivity index (χ0) is 11.8. The average Bonchev–Trinajstić information content (AvgIpc) is 2.34. The Labute approximate surface area is 94.2 Å². The van der Waals surface area contributed by atoms with E-state index in [1.165, 1.54) is 6.08 Å². The number of hydrogen-bond acceptors (Lipinski definition) is 3. The summed E-state index contributed by atoms with van der Waals surface area (Å²) in [5.74, 6) is -0.295. The summed E-state index contributed by atoms with van der Waals surface area (Å²) >= 11 is 0. The molecule has 4 heteroatoms. The second kappa shape index (κ2) is 6.76. The van der Waals surface area contributed by atoms with Gasteiger partial charge in [-0.05, 0) is 11.6 Å². The van der Waals surface area contributed by atoms with E-state index in [0.29, 0.717) is 0 Å². The van der Waals surface area contributed by atoms with Gasteiger partial charge in [-0.1, -0.05) is 30.3 Å². The van der Waals surface area contributed by atoms with Gasteiger partial charge in [-0.3, -0.25) is 4.79 Å². The highest BCUT2D eigenvalue weighted by atomic mass is 16.3. The Morgan fingerprint density at radius 1 is 1.38 bits per heavy atom. The highest BCUT2D eigenvalue weighted by Crippen LogP contribution is 2.00.